The molecule has 0 aromatic heterocycles. The van der Waals surface area contributed by atoms with Crippen LogP contribution in [0.3, 0.4) is 0 Å². The van der Waals surface area contributed by atoms with Crippen LogP contribution in [0.15, 0.2) is 53.4 Å². The van der Waals surface area contributed by atoms with Crippen LogP contribution in [0.5, 0.6) is 0 Å². The van der Waals surface area contributed by atoms with Crippen molar-refractivity contribution in [3.05, 3.63) is 54.1 Å². The van der Waals surface area contributed by atoms with Crippen LogP contribution < -0.4 is 9.62 Å². The van der Waals surface area contributed by atoms with Gasteiger partial charge in [0.25, 0.3) is 10.0 Å². The van der Waals surface area contributed by atoms with Crippen molar-refractivity contribution in [2.45, 2.75) is 49.5 Å². The SMILES string of the molecule is CCCN1C[C@@H]2C[C@@H](c3ccc(NS(=O)(=O)c4ccc(N5CCCC5COC)cc4)cc3)[C@@H]2C1. The van der Waals surface area contributed by atoms with Crippen LogP contribution in [0.1, 0.15) is 44.1 Å². The van der Waals surface area contributed by atoms with E-state index in [2.05, 4.69) is 33.6 Å². The van der Waals surface area contributed by atoms with Gasteiger partial charge in [0.05, 0.1) is 17.5 Å². The minimum atomic E-state index is -3.63. The molecule has 2 aromatic rings. The topological polar surface area (TPSA) is 61.9 Å². The van der Waals surface area contributed by atoms with Crippen molar-refractivity contribution < 1.29 is 13.2 Å². The fourth-order valence-electron chi connectivity index (χ4n) is 6.25. The maximum absolute atomic E-state index is 13.0. The quantitative estimate of drug-likeness (QED) is 0.567. The number of ether oxygens (including phenoxy) is 1. The average Bonchev–Trinajstić information content (AvgIpc) is 3.41. The highest BCUT2D eigenvalue weighted by atomic mass is 32.2. The largest absolute Gasteiger partial charge is 0.383 e. The second kappa shape index (κ2) is 9.88. The summed E-state index contributed by atoms with van der Waals surface area (Å²) >= 11 is 0. The minimum Gasteiger partial charge on any atom is -0.383 e. The molecule has 2 aliphatic heterocycles. The van der Waals surface area contributed by atoms with Gasteiger partial charge in [0.1, 0.15) is 0 Å². The summed E-state index contributed by atoms with van der Waals surface area (Å²) in [5, 5.41) is 0. The fraction of sp³-hybridized carbons (Fsp3) is 0.556. The molecular formula is C27H37N3O3S. The van der Waals surface area contributed by atoms with E-state index in [1.165, 1.54) is 38.0 Å². The second-order valence-corrected chi connectivity index (χ2v) is 11.9. The molecule has 3 fully saturated rings. The summed E-state index contributed by atoms with van der Waals surface area (Å²) in [5.41, 5.74) is 3.00. The van der Waals surface area contributed by atoms with Crippen molar-refractivity contribution in [2.24, 2.45) is 11.8 Å². The first-order valence-electron chi connectivity index (χ1n) is 12.7. The maximum atomic E-state index is 13.0. The van der Waals surface area contributed by atoms with Crippen LogP contribution >= 0.6 is 0 Å². The van der Waals surface area contributed by atoms with E-state index in [0.717, 1.165) is 36.9 Å². The Bertz CT molecular complexity index is 1070. The Kier molecular flexibility index (Phi) is 6.87. The molecular weight excluding hydrogens is 446 g/mol. The van der Waals surface area contributed by atoms with Gasteiger partial charge in [-0.3, -0.25) is 4.72 Å². The number of likely N-dealkylation sites (tertiary alicyclic amines) is 1. The molecule has 0 amide bonds. The molecule has 184 valence electrons. The Morgan fingerprint density at radius 2 is 1.82 bits per heavy atom. The summed E-state index contributed by atoms with van der Waals surface area (Å²) in [4.78, 5) is 5.19. The van der Waals surface area contributed by atoms with E-state index in [0.29, 0.717) is 24.3 Å². The predicted molar refractivity (Wildman–Crippen MR) is 137 cm³/mol. The molecule has 6 nitrogen and oxygen atoms in total. The van der Waals surface area contributed by atoms with Gasteiger partial charge in [-0.2, -0.15) is 0 Å². The molecule has 2 aromatic carbocycles. The third-order valence-electron chi connectivity index (χ3n) is 7.99. The van der Waals surface area contributed by atoms with Gasteiger partial charge in [0.2, 0.25) is 0 Å². The standard InChI is InChI=1S/C27H37N3O3S/c1-3-14-29-17-21-16-26(27(21)18-29)20-6-8-22(9-7-20)28-34(31,32)25-12-10-23(11-13-25)30-15-4-5-24(30)19-33-2/h6-13,21,24,26-28H,3-5,14-19H2,1-2H3/t21-,24?,26-,27+/m0/s1. The zero-order chi connectivity index (χ0) is 23.7. The molecule has 4 atom stereocenters. The van der Waals surface area contributed by atoms with E-state index >= 15 is 0 Å². The van der Waals surface area contributed by atoms with Crippen LogP contribution in [0.4, 0.5) is 11.4 Å². The molecule has 2 heterocycles. The van der Waals surface area contributed by atoms with Gasteiger partial charge in [0, 0.05) is 38.1 Å². The molecule has 1 unspecified atom stereocenters. The maximum Gasteiger partial charge on any atom is 0.261 e. The van der Waals surface area contributed by atoms with Crippen molar-refractivity contribution >= 4 is 21.4 Å². The molecule has 2 saturated heterocycles. The van der Waals surface area contributed by atoms with Crippen LogP contribution in [0.25, 0.3) is 0 Å². The monoisotopic (exact) mass is 483 g/mol. The predicted octanol–water partition coefficient (Wildman–Crippen LogP) is 4.55. The number of methoxy groups -OCH3 is 1. The summed E-state index contributed by atoms with van der Waals surface area (Å²) in [5.74, 6) is 2.20. The molecule has 0 radical (unpaired) electrons. The second-order valence-electron chi connectivity index (χ2n) is 10.2. The number of hydrogen-bond donors (Lipinski definition) is 1. The molecule has 34 heavy (non-hydrogen) atoms. The third kappa shape index (κ3) is 4.70. The van der Waals surface area contributed by atoms with E-state index in [4.69, 9.17) is 4.74 Å². The number of anilines is 2. The number of benzene rings is 2. The molecule has 1 N–H and O–H groups in total. The summed E-state index contributed by atoms with van der Waals surface area (Å²) in [7, 11) is -1.90. The highest BCUT2D eigenvalue weighted by Crippen LogP contribution is 2.51. The molecule has 0 bridgehead atoms. The molecule has 1 saturated carbocycles. The van der Waals surface area contributed by atoms with E-state index in [-0.39, 0.29) is 4.90 Å². The van der Waals surface area contributed by atoms with Crippen molar-refractivity contribution in [1.29, 1.82) is 0 Å². The normalized spacial score (nSPS) is 26.9. The van der Waals surface area contributed by atoms with Gasteiger partial charge in [-0.15, -0.1) is 0 Å². The number of nitrogens with zero attached hydrogens (tertiary/aromatic N) is 2. The molecule has 5 rings (SSSR count). The van der Waals surface area contributed by atoms with Crippen molar-refractivity contribution in [2.75, 3.05) is 49.5 Å². The summed E-state index contributed by atoms with van der Waals surface area (Å²) in [6.45, 7) is 7.57. The minimum absolute atomic E-state index is 0.284. The lowest BCUT2D eigenvalue weighted by molar-refractivity contribution is 0.181. The highest BCUT2D eigenvalue weighted by molar-refractivity contribution is 7.92. The van der Waals surface area contributed by atoms with Crippen LogP contribution in [-0.2, 0) is 14.8 Å². The first-order valence-corrected chi connectivity index (χ1v) is 14.2. The number of rotatable bonds is 9. The highest BCUT2D eigenvalue weighted by Gasteiger charge is 2.46. The van der Waals surface area contributed by atoms with E-state index in [9.17, 15) is 8.42 Å². The Morgan fingerprint density at radius 1 is 1.06 bits per heavy atom. The smallest absolute Gasteiger partial charge is 0.261 e. The van der Waals surface area contributed by atoms with Crippen molar-refractivity contribution in [3.8, 4) is 0 Å². The van der Waals surface area contributed by atoms with Gasteiger partial charge in [0.15, 0.2) is 0 Å². The number of hydrogen-bond acceptors (Lipinski definition) is 5. The zero-order valence-electron chi connectivity index (χ0n) is 20.3. The lowest BCUT2D eigenvalue weighted by Gasteiger charge is -2.40. The number of nitrogens with one attached hydrogen (secondary N) is 1. The van der Waals surface area contributed by atoms with Crippen molar-refractivity contribution in [3.63, 3.8) is 0 Å². The first-order chi connectivity index (χ1) is 16.5. The Balaban J connectivity index is 1.21. The van der Waals surface area contributed by atoms with E-state index < -0.39 is 10.0 Å². The molecule has 7 heteroatoms. The van der Waals surface area contributed by atoms with Gasteiger partial charge >= 0.3 is 0 Å². The third-order valence-corrected chi connectivity index (χ3v) is 9.38. The first kappa shape index (κ1) is 23.6. The van der Waals surface area contributed by atoms with Crippen molar-refractivity contribution in [1.82, 2.24) is 4.90 Å². The summed E-state index contributed by atoms with van der Waals surface area (Å²) in [6.07, 6.45) is 4.70. The Morgan fingerprint density at radius 3 is 2.53 bits per heavy atom. The summed E-state index contributed by atoms with van der Waals surface area (Å²) < 4.78 is 34.1. The molecule has 0 spiro atoms. The zero-order valence-corrected chi connectivity index (χ0v) is 21.1. The van der Waals surface area contributed by atoms with Crippen LogP contribution in [-0.4, -0.2) is 59.3 Å². The van der Waals surface area contributed by atoms with Gasteiger partial charge < -0.3 is 14.5 Å². The summed E-state index contributed by atoms with van der Waals surface area (Å²) in [6, 6.07) is 15.6. The molecule has 3 aliphatic rings. The average molecular weight is 484 g/mol. The van der Waals surface area contributed by atoms with Gasteiger partial charge in [-0.1, -0.05) is 19.1 Å². The van der Waals surface area contributed by atoms with Crippen LogP contribution in [0, 0.1) is 11.8 Å². The van der Waals surface area contributed by atoms with E-state index in [1.54, 1.807) is 19.2 Å². The number of fused-ring (bicyclic) bond motifs is 1. The fourth-order valence-corrected chi connectivity index (χ4v) is 7.31. The van der Waals surface area contributed by atoms with Gasteiger partial charge in [-0.05, 0) is 91.9 Å². The van der Waals surface area contributed by atoms with Gasteiger partial charge in [-0.25, -0.2) is 8.42 Å². The lowest BCUT2D eigenvalue weighted by atomic mass is 9.64. The molecule has 1 aliphatic carbocycles. The lowest BCUT2D eigenvalue weighted by Crippen LogP contribution is -2.33. The Labute approximate surface area is 204 Å². The number of sulfonamides is 1. The Hall–Kier alpha value is -2.09. The van der Waals surface area contributed by atoms with Crippen LogP contribution in [0.2, 0.25) is 0 Å². The van der Waals surface area contributed by atoms with E-state index in [1.807, 2.05) is 24.3 Å².